The largest absolute Gasteiger partial charge is 0.371 e. The van der Waals surface area contributed by atoms with Gasteiger partial charge in [0.05, 0.1) is 22.7 Å². The number of anilines is 1. The van der Waals surface area contributed by atoms with Gasteiger partial charge in [0.25, 0.3) is 5.69 Å². The third-order valence-electron chi connectivity index (χ3n) is 2.20. The summed E-state index contributed by atoms with van der Waals surface area (Å²) in [4.78, 5) is 13.9. The highest BCUT2D eigenvalue weighted by Gasteiger charge is 2.21. The number of hydrogen-bond acceptors (Lipinski definition) is 5. The van der Waals surface area contributed by atoms with Gasteiger partial charge in [-0.15, -0.1) is 11.3 Å². The fraction of sp³-hybridized carbons (Fsp3) is 0.100. The van der Waals surface area contributed by atoms with E-state index in [4.69, 9.17) is 0 Å². The van der Waals surface area contributed by atoms with Crippen LogP contribution in [0.4, 0.5) is 20.2 Å². The van der Waals surface area contributed by atoms with Crippen molar-refractivity contribution < 1.29 is 13.7 Å². The van der Waals surface area contributed by atoms with Crippen molar-refractivity contribution in [2.75, 3.05) is 5.32 Å². The van der Waals surface area contributed by atoms with Gasteiger partial charge in [-0.2, -0.15) is 0 Å². The quantitative estimate of drug-likeness (QED) is 0.685. The molecule has 0 spiro atoms. The van der Waals surface area contributed by atoms with Crippen molar-refractivity contribution in [1.29, 1.82) is 0 Å². The van der Waals surface area contributed by atoms with Crippen LogP contribution in [0.25, 0.3) is 0 Å². The first-order valence-electron chi connectivity index (χ1n) is 4.83. The minimum atomic E-state index is -1.26. The van der Waals surface area contributed by atoms with Gasteiger partial charge in [0.2, 0.25) is 0 Å². The summed E-state index contributed by atoms with van der Waals surface area (Å²) >= 11 is 1.34. The second-order valence-corrected chi connectivity index (χ2v) is 4.06. The first kappa shape index (κ1) is 12.4. The summed E-state index contributed by atoms with van der Waals surface area (Å²) < 4.78 is 26.5. The van der Waals surface area contributed by atoms with Gasteiger partial charge in [0, 0.05) is 11.4 Å². The lowest BCUT2D eigenvalue weighted by Gasteiger charge is -2.07. The smallest absolute Gasteiger partial charge is 0.295 e. The van der Waals surface area contributed by atoms with Crippen LogP contribution in [0.15, 0.2) is 23.0 Å². The molecule has 18 heavy (non-hydrogen) atoms. The predicted molar refractivity (Wildman–Crippen MR) is 62.5 cm³/mol. The fourth-order valence-electron chi connectivity index (χ4n) is 1.36. The van der Waals surface area contributed by atoms with E-state index in [0.717, 1.165) is 12.1 Å². The summed E-state index contributed by atoms with van der Waals surface area (Å²) in [6.07, 6.45) is 0. The molecule has 0 unspecified atom stereocenters. The van der Waals surface area contributed by atoms with Gasteiger partial charge in [-0.3, -0.25) is 10.1 Å². The van der Waals surface area contributed by atoms with Crippen LogP contribution in [0.1, 0.15) is 5.69 Å². The third-order valence-corrected chi connectivity index (χ3v) is 2.83. The van der Waals surface area contributed by atoms with Crippen LogP contribution in [0, 0.1) is 21.7 Å². The molecular formula is C10H7F2N3O2S. The first-order chi connectivity index (χ1) is 8.59. The number of nitro benzene ring substituents is 1. The molecular weight excluding hydrogens is 264 g/mol. The lowest BCUT2D eigenvalue weighted by Crippen LogP contribution is -2.06. The fourth-order valence-corrected chi connectivity index (χ4v) is 1.92. The molecule has 0 amide bonds. The number of hydrogen-bond donors (Lipinski definition) is 1. The summed E-state index contributed by atoms with van der Waals surface area (Å²) in [7, 11) is 0. The molecule has 94 valence electrons. The van der Waals surface area contributed by atoms with E-state index in [-0.39, 0.29) is 6.54 Å². The van der Waals surface area contributed by atoms with E-state index in [1.165, 1.54) is 11.3 Å². The average molecular weight is 271 g/mol. The van der Waals surface area contributed by atoms with Crippen molar-refractivity contribution >= 4 is 22.7 Å². The van der Waals surface area contributed by atoms with Gasteiger partial charge in [-0.25, -0.2) is 13.8 Å². The molecule has 1 N–H and O–H groups in total. The molecule has 0 atom stereocenters. The normalized spacial score (nSPS) is 10.3. The maximum Gasteiger partial charge on any atom is 0.295 e. The molecule has 0 aliphatic carbocycles. The Bertz CT molecular complexity index is 575. The Morgan fingerprint density at radius 2 is 2.22 bits per heavy atom. The van der Waals surface area contributed by atoms with Gasteiger partial charge in [-0.05, 0) is 6.07 Å². The number of rotatable bonds is 4. The van der Waals surface area contributed by atoms with Crippen molar-refractivity contribution in [2.45, 2.75) is 6.54 Å². The highest BCUT2D eigenvalue weighted by Crippen LogP contribution is 2.29. The van der Waals surface area contributed by atoms with Crippen LogP contribution in [0.2, 0.25) is 0 Å². The van der Waals surface area contributed by atoms with Crippen LogP contribution in [0.5, 0.6) is 0 Å². The summed E-state index contributed by atoms with van der Waals surface area (Å²) in [5.74, 6) is -2.40. The summed E-state index contributed by atoms with van der Waals surface area (Å²) in [5.41, 5.74) is 1.20. The Hall–Kier alpha value is -2.09. The minimum absolute atomic E-state index is 0.0880. The van der Waals surface area contributed by atoms with E-state index in [1.54, 1.807) is 10.9 Å². The topological polar surface area (TPSA) is 68.1 Å². The van der Waals surface area contributed by atoms with Crippen molar-refractivity contribution in [2.24, 2.45) is 0 Å². The standard InChI is InChI=1S/C10H7F2N3O2S/c11-7-1-2-8(15(16)17)10(9(7)12)13-3-6-4-18-5-14-6/h1-2,4-5,13H,3H2. The van der Waals surface area contributed by atoms with Crippen LogP contribution < -0.4 is 5.32 Å². The van der Waals surface area contributed by atoms with E-state index in [2.05, 4.69) is 10.3 Å². The van der Waals surface area contributed by atoms with Crippen molar-refractivity contribution in [3.63, 3.8) is 0 Å². The first-order valence-corrected chi connectivity index (χ1v) is 5.77. The van der Waals surface area contributed by atoms with Crippen molar-refractivity contribution in [3.8, 4) is 0 Å². The summed E-state index contributed by atoms with van der Waals surface area (Å²) in [6, 6.07) is 1.64. The molecule has 0 saturated carbocycles. The molecule has 2 rings (SSSR count). The van der Waals surface area contributed by atoms with E-state index in [0.29, 0.717) is 5.69 Å². The van der Waals surface area contributed by atoms with Crippen molar-refractivity contribution in [1.82, 2.24) is 4.98 Å². The lowest BCUT2D eigenvalue weighted by molar-refractivity contribution is -0.384. The summed E-state index contributed by atoms with van der Waals surface area (Å²) in [6.45, 7) is 0.0880. The number of nitrogens with zero attached hydrogens (tertiary/aromatic N) is 2. The Kier molecular flexibility index (Phi) is 3.47. The Morgan fingerprint density at radius 1 is 1.44 bits per heavy atom. The molecule has 8 heteroatoms. The number of benzene rings is 1. The minimum Gasteiger partial charge on any atom is -0.371 e. The highest BCUT2D eigenvalue weighted by atomic mass is 32.1. The number of nitro groups is 1. The molecule has 0 radical (unpaired) electrons. The molecule has 2 aromatic rings. The number of halogens is 2. The maximum atomic E-state index is 13.5. The third kappa shape index (κ3) is 2.43. The Balaban J connectivity index is 2.30. The molecule has 0 fully saturated rings. The molecule has 0 aliphatic heterocycles. The van der Waals surface area contributed by atoms with Crippen LogP contribution in [0.3, 0.4) is 0 Å². The van der Waals surface area contributed by atoms with Crippen LogP contribution >= 0.6 is 11.3 Å². The Morgan fingerprint density at radius 3 is 2.83 bits per heavy atom. The van der Waals surface area contributed by atoms with E-state index in [1.807, 2.05) is 0 Å². The zero-order chi connectivity index (χ0) is 13.1. The van der Waals surface area contributed by atoms with Gasteiger partial charge in [-0.1, -0.05) is 0 Å². The molecule has 1 aromatic carbocycles. The molecule has 0 bridgehead atoms. The van der Waals surface area contributed by atoms with Crippen molar-refractivity contribution in [3.05, 3.63) is 50.5 Å². The molecule has 0 saturated heterocycles. The number of nitrogens with one attached hydrogen (secondary N) is 1. The zero-order valence-corrected chi connectivity index (χ0v) is 9.71. The maximum absolute atomic E-state index is 13.5. The number of aromatic nitrogens is 1. The second kappa shape index (κ2) is 5.05. The molecule has 1 aromatic heterocycles. The van der Waals surface area contributed by atoms with Crippen LogP contribution in [-0.4, -0.2) is 9.91 Å². The lowest BCUT2D eigenvalue weighted by atomic mass is 10.2. The monoisotopic (exact) mass is 271 g/mol. The van der Waals surface area contributed by atoms with E-state index >= 15 is 0 Å². The van der Waals surface area contributed by atoms with Gasteiger partial charge in [0.1, 0.15) is 0 Å². The van der Waals surface area contributed by atoms with E-state index < -0.39 is 27.9 Å². The van der Waals surface area contributed by atoms with Gasteiger partial charge < -0.3 is 5.32 Å². The molecule has 1 heterocycles. The molecule has 5 nitrogen and oxygen atoms in total. The zero-order valence-electron chi connectivity index (χ0n) is 8.89. The predicted octanol–water partition coefficient (Wildman–Crippen LogP) is 2.94. The van der Waals surface area contributed by atoms with Gasteiger partial charge >= 0.3 is 0 Å². The second-order valence-electron chi connectivity index (χ2n) is 3.35. The molecule has 0 aliphatic rings. The van der Waals surface area contributed by atoms with Gasteiger partial charge in [0.15, 0.2) is 17.3 Å². The Labute approximate surface area is 104 Å². The van der Waals surface area contributed by atoms with E-state index in [9.17, 15) is 18.9 Å². The highest BCUT2D eigenvalue weighted by molar-refractivity contribution is 7.07. The SMILES string of the molecule is O=[N+]([O-])c1ccc(F)c(F)c1NCc1cscn1. The summed E-state index contributed by atoms with van der Waals surface area (Å²) in [5, 5.41) is 14.9. The average Bonchev–Trinajstić information content (AvgIpc) is 2.83. The number of thiazole rings is 1. The van der Waals surface area contributed by atoms with Crippen LogP contribution in [-0.2, 0) is 6.54 Å².